The molecule has 0 N–H and O–H groups in total. The van der Waals surface area contributed by atoms with E-state index in [0.717, 1.165) is 0 Å². The minimum Gasteiger partial charge on any atom is -0.310 e. The van der Waals surface area contributed by atoms with Crippen LogP contribution in [-0.2, 0) is 5.41 Å². The molecule has 5 rings (SSSR count). The molecule has 29 heavy (non-hydrogen) atoms. The predicted octanol–water partition coefficient (Wildman–Crippen LogP) is 5.72. The van der Waals surface area contributed by atoms with Crippen LogP contribution >= 0.6 is 0 Å². The summed E-state index contributed by atoms with van der Waals surface area (Å²) in [4.78, 5) is 2.34. The molecule has 0 radical (unpaired) electrons. The van der Waals surface area contributed by atoms with Gasteiger partial charge in [0.2, 0.25) is 0 Å². The van der Waals surface area contributed by atoms with Gasteiger partial charge in [0.25, 0.3) is 0 Å². The van der Waals surface area contributed by atoms with Crippen molar-refractivity contribution in [3.8, 4) is 11.1 Å². The quantitative estimate of drug-likeness (QED) is 0.415. The van der Waals surface area contributed by atoms with E-state index >= 15 is 0 Å². The highest BCUT2D eigenvalue weighted by atomic mass is 15.1. The molecule has 0 saturated carbocycles. The lowest BCUT2D eigenvalue weighted by molar-refractivity contribution is 0.660. The summed E-state index contributed by atoms with van der Waals surface area (Å²) in [6, 6.07) is 35.1. The Hall–Kier alpha value is -3.26. The van der Waals surface area contributed by atoms with E-state index in [4.69, 9.17) is 0 Å². The Balaban J connectivity index is 1.71. The summed E-state index contributed by atoms with van der Waals surface area (Å²) in [5.41, 5.74) is 10.3. The van der Waals surface area contributed by atoms with Gasteiger partial charge < -0.3 is 4.90 Å². The molecule has 4 aromatic carbocycles. The zero-order chi connectivity index (χ0) is 20.0. The highest BCUT2D eigenvalue weighted by Gasteiger charge is 2.35. The van der Waals surface area contributed by atoms with Crippen molar-refractivity contribution in [2.75, 3.05) is 4.90 Å². The zero-order valence-corrected chi connectivity index (χ0v) is 17.2. The Kier molecular flexibility index (Phi) is 4.10. The van der Waals surface area contributed by atoms with Crippen molar-refractivity contribution in [2.24, 2.45) is 0 Å². The van der Waals surface area contributed by atoms with Crippen molar-refractivity contribution in [1.82, 2.24) is 0 Å². The van der Waals surface area contributed by atoms with Gasteiger partial charge in [-0.05, 0) is 58.7 Å². The van der Waals surface area contributed by atoms with E-state index in [1.165, 1.54) is 44.8 Å². The molecule has 1 nitrogen and oxygen atoms in total. The predicted molar refractivity (Wildman–Crippen MR) is 127 cm³/mol. The minimum atomic E-state index is 0.0336. The standard InChI is InChI=1S/C27H24BN/c1-27(2)25-11-7-6-10-23(25)24-18-22(16-17-26(24)27)29(20-8-4-3-5-9-20)21-14-12-19(28)13-15-21/h3-18H,28H2,1-2H3. The lowest BCUT2D eigenvalue weighted by Crippen LogP contribution is -2.15. The van der Waals surface area contributed by atoms with Crippen LogP contribution < -0.4 is 10.4 Å². The average molecular weight is 373 g/mol. The molecular weight excluding hydrogens is 349 g/mol. The molecule has 0 aromatic heterocycles. The van der Waals surface area contributed by atoms with Gasteiger partial charge in [-0.3, -0.25) is 0 Å². The molecular formula is C27H24BN. The van der Waals surface area contributed by atoms with E-state index in [-0.39, 0.29) is 5.41 Å². The van der Waals surface area contributed by atoms with Gasteiger partial charge in [0.05, 0.1) is 0 Å². The number of benzene rings is 4. The summed E-state index contributed by atoms with van der Waals surface area (Å²) in [6.45, 7) is 4.65. The normalized spacial score (nSPS) is 13.6. The molecule has 1 aliphatic carbocycles. The Morgan fingerprint density at radius 2 is 1.17 bits per heavy atom. The Morgan fingerprint density at radius 3 is 1.93 bits per heavy atom. The molecule has 0 heterocycles. The molecule has 0 spiro atoms. The number of hydrogen-bond donors (Lipinski definition) is 0. The maximum Gasteiger partial charge on any atom is 0.139 e. The summed E-state index contributed by atoms with van der Waals surface area (Å²) in [6.07, 6.45) is 0. The first kappa shape index (κ1) is 17.8. The van der Waals surface area contributed by atoms with Crippen LogP contribution in [0.3, 0.4) is 0 Å². The lowest BCUT2D eigenvalue weighted by atomic mass is 9.82. The second kappa shape index (κ2) is 6.67. The number of rotatable bonds is 3. The van der Waals surface area contributed by atoms with Gasteiger partial charge in [-0.2, -0.15) is 0 Å². The van der Waals surface area contributed by atoms with Gasteiger partial charge in [0, 0.05) is 22.5 Å². The Morgan fingerprint density at radius 1 is 0.586 bits per heavy atom. The monoisotopic (exact) mass is 373 g/mol. The fraction of sp³-hybridized carbons (Fsp3) is 0.111. The van der Waals surface area contributed by atoms with E-state index in [2.05, 4.69) is 124 Å². The third-order valence-corrected chi connectivity index (χ3v) is 6.13. The lowest BCUT2D eigenvalue weighted by Gasteiger charge is -2.27. The van der Waals surface area contributed by atoms with Gasteiger partial charge in [0.1, 0.15) is 7.85 Å². The van der Waals surface area contributed by atoms with Gasteiger partial charge in [-0.1, -0.05) is 80.0 Å². The second-order valence-electron chi connectivity index (χ2n) is 8.41. The minimum absolute atomic E-state index is 0.0336. The first-order valence-corrected chi connectivity index (χ1v) is 10.2. The van der Waals surface area contributed by atoms with Crippen LogP contribution in [0.1, 0.15) is 25.0 Å². The smallest absolute Gasteiger partial charge is 0.139 e. The number of nitrogens with zero attached hydrogens (tertiary/aromatic N) is 1. The first-order valence-electron chi connectivity index (χ1n) is 10.2. The Bertz CT molecular complexity index is 1180. The number of hydrogen-bond acceptors (Lipinski definition) is 1. The molecule has 140 valence electrons. The van der Waals surface area contributed by atoms with E-state index in [1.807, 2.05) is 0 Å². The largest absolute Gasteiger partial charge is 0.310 e. The molecule has 0 amide bonds. The molecule has 1 aliphatic rings. The van der Waals surface area contributed by atoms with Gasteiger partial charge in [-0.25, -0.2) is 0 Å². The Labute approximate surface area is 174 Å². The SMILES string of the molecule is Bc1ccc(N(c2ccccc2)c2ccc3c(c2)-c2ccccc2C3(C)C)cc1. The molecule has 0 bridgehead atoms. The molecule has 0 saturated heterocycles. The third kappa shape index (κ3) is 2.87. The molecule has 2 heteroatoms. The van der Waals surface area contributed by atoms with Gasteiger partial charge in [-0.15, -0.1) is 0 Å². The van der Waals surface area contributed by atoms with E-state index < -0.39 is 0 Å². The maximum atomic E-state index is 2.36. The fourth-order valence-electron chi connectivity index (χ4n) is 4.57. The number of fused-ring (bicyclic) bond motifs is 3. The second-order valence-corrected chi connectivity index (χ2v) is 8.41. The summed E-state index contributed by atoms with van der Waals surface area (Å²) in [7, 11) is 2.13. The molecule has 0 aliphatic heterocycles. The van der Waals surface area contributed by atoms with Crippen LogP contribution in [0, 0.1) is 0 Å². The van der Waals surface area contributed by atoms with Crippen molar-refractivity contribution in [2.45, 2.75) is 19.3 Å². The molecule has 4 aromatic rings. The highest BCUT2D eigenvalue weighted by Crippen LogP contribution is 2.50. The van der Waals surface area contributed by atoms with Crippen molar-refractivity contribution in [3.05, 3.63) is 108 Å². The molecule has 0 fully saturated rings. The van der Waals surface area contributed by atoms with E-state index in [1.54, 1.807) is 0 Å². The number of anilines is 3. The fourth-order valence-corrected chi connectivity index (χ4v) is 4.57. The summed E-state index contributed by atoms with van der Waals surface area (Å²) in [5.74, 6) is 0. The topological polar surface area (TPSA) is 3.24 Å². The van der Waals surface area contributed by atoms with Crippen LogP contribution in [-0.4, -0.2) is 7.85 Å². The van der Waals surface area contributed by atoms with Gasteiger partial charge >= 0.3 is 0 Å². The van der Waals surface area contributed by atoms with Crippen LogP contribution in [0.2, 0.25) is 0 Å². The van der Waals surface area contributed by atoms with E-state index in [0.29, 0.717) is 0 Å². The summed E-state index contributed by atoms with van der Waals surface area (Å²) >= 11 is 0. The number of para-hydroxylation sites is 1. The van der Waals surface area contributed by atoms with Crippen LogP contribution in [0.4, 0.5) is 17.1 Å². The van der Waals surface area contributed by atoms with Crippen molar-refractivity contribution in [1.29, 1.82) is 0 Å². The van der Waals surface area contributed by atoms with E-state index in [9.17, 15) is 0 Å². The maximum absolute atomic E-state index is 2.36. The third-order valence-electron chi connectivity index (χ3n) is 6.13. The van der Waals surface area contributed by atoms with Crippen LogP contribution in [0.5, 0.6) is 0 Å². The van der Waals surface area contributed by atoms with Crippen molar-refractivity contribution in [3.63, 3.8) is 0 Å². The highest BCUT2D eigenvalue weighted by molar-refractivity contribution is 6.32. The van der Waals surface area contributed by atoms with Crippen LogP contribution in [0.15, 0.2) is 97.1 Å². The summed E-state index contributed by atoms with van der Waals surface area (Å²) in [5, 5.41) is 0. The average Bonchev–Trinajstić information content (AvgIpc) is 2.98. The summed E-state index contributed by atoms with van der Waals surface area (Å²) < 4.78 is 0. The van der Waals surface area contributed by atoms with Crippen LogP contribution in [0.25, 0.3) is 11.1 Å². The molecule has 0 unspecified atom stereocenters. The van der Waals surface area contributed by atoms with Crippen molar-refractivity contribution >= 4 is 30.4 Å². The first-order chi connectivity index (χ1) is 14.1. The van der Waals surface area contributed by atoms with Crippen molar-refractivity contribution < 1.29 is 0 Å². The molecule has 0 atom stereocenters. The zero-order valence-electron chi connectivity index (χ0n) is 17.2. The van der Waals surface area contributed by atoms with Gasteiger partial charge in [0.15, 0.2) is 0 Å².